The van der Waals surface area contributed by atoms with Crippen LogP contribution >= 0.6 is 27.5 Å². The second-order valence-electron chi connectivity index (χ2n) is 5.18. The third kappa shape index (κ3) is 2.80. The Bertz CT molecular complexity index is 450. The molecule has 1 nitrogen and oxygen atoms in total. The Morgan fingerprint density at radius 3 is 2.61 bits per heavy atom. The van der Waals surface area contributed by atoms with Crippen molar-refractivity contribution in [1.82, 2.24) is 0 Å². The van der Waals surface area contributed by atoms with Gasteiger partial charge in [-0.2, -0.15) is 0 Å². The van der Waals surface area contributed by atoms with E-state index in [9.17, 15) is 4.79 Å². The molecule has 1 aliphatic rings. The predicted molar refractivity (Wildman–Crippen MR) is 79.1 cm³/mol. The zero-order valence-corrected chi connectivity index (χ0v) is 13.0. The first kappa shape index (κ1) is 14.1. The lowest BCUT2D eigenvalue weighted by Gasteiger charge is -2.25. The molecule has 18 heavy (non-hydrogen) atoms. The van der Waals surface area contributed by atoms with Gasteiger partial charge < -0.3 is 0 Å². The van der Waals surface area contributed by atoms with Gasteiger partial charge in [-0.15, -0.1) is 0 Å². The maximum atomic E-state index is 12.5. The summed E-state index contributed by atoms with van der Waals surface area (Å²) in [6.45, 7) is 2.13. The second-order valence-corrected chi connectivity index (χ2v) is 6.50. The van der Waals surface area contributed by atoms with Crippen LogP contribution in [-0.2, 0) is 11.2 Å². The monoisotopic (exact) mass is 328 g/mol. The Labute approximate surface area is 122 Å². The summed E-state index contributed by atoms with van der Waals surface area (Å²) in [5.41, 5.74) is 0.876. The Kier molecular flexibility index (Phi) is 4.50. The second kappa shape index (κ2) is 5.75. The topological polar surface area (TPSA) is 17.1 Å². The smallest absolute Gasteiger partial charge is 0.143 e. The van der Waals surface area contributed by atoms with Gasteiger partial charge in [0.1, 0.15) is 5.78 Å². The van der Waals surface area contributed by atoms with Crippen molar-refractivity contribution in [3.63, 3.8) is 0 Å². The zero-order chi connectivity index (χ0) is 13.2. The van der Waals surface area contributed by atoms with Gasteiger partial charge in [-0.05, 0) is 37.0 Å². The Morgan fingerprint density at radius 2 is 2.06 bits per heavy atom. The van der Waals surface area contributed by atoms with Crippen LogP contribution in [0.5, 0.6) is 0 Å². The van der Waals surface area contributed by atoms with Gasteiger partial charge in [0.15, 0.2) is 0 Å². The van der Waals surface area contributed by atoms with Crippen LogP contribution in [0, 0.1) is 5.41 Å². The summed E-state index contributed by atoms with van der Waals surface area (Å²) in [5, 5.41) is 0.682. The summed E-state index contributed by atoms with van der Waals surface area (Å²) in [6, 6.07) is 5.75. The average molecular weight is 330 g/mol. The molecule has 0 aliphatic heterocycles. The largest absolute Gasteiger partial charge is 0.299 e. The molecular weight excluding hydrogens is 312 g/mol. The molecule has 1 aromatic rings. The summed E-state index contributed by atoms with van der Waals surface area (Å²) in [7, 11) is 0. The number of rotatable bonds is 4. The van der Waals surface area contributed by atoms with Crippen LogP contribution < -0.4 is 0 Å². The number of hydrogen-bond acceptors (Lipinski definition) is 1. The summed E-state index contributed by atoms with van der Waals surface area (Å²) in [6.07, 6.45) is 5.91. The lowest BCUT2D eigenvalue weighted by atomic mass is 9.77. The van der Waals surface area contributed by atoms with Crippen LogP contribution in [0.4, 0.5) is 0 Å². The highest BCUT2D eigenvalue weighted by Crippen LogP contribution is 2.42. The molecule has 0 spiro atoms. The van der Waals surface area contributed by atoms with Crippen molar-refractivity contribution in [3.8, 4) is 0 Å². The average Bonchev–Trinajstić information content (AvgIpc) is 2.82. The molecule has 98 valence electrons. The highest BCUT2D eigenvalue weighted by Gasteiger charge is 2.38. The van der Waals surface area contributed by atoms with E-state index >= 15 is 0 Å². The number of halogens is 2. The molecule has 0 saturated heterocycles. The molecule has 3 heteroatoms. The third-order valence-corrected chi connectivity index (χ3v) is 5.04. The standard InChI is InChI=1S/C15H18BrClO/c1-2-15(7-3-4-8-15)14(18)9-11-5-6-12(16)10-13(11)17/h5-6,10H,2-4,7-9H2,1H3. The minimum atomic E-state index is -0.0730. The molecule has 0 heterocycles. The van der Waals surface area contributed by atoms with Crippen LogP contribution in [0.15, 0.2) is 22.7 Å². The minimum Gasteiger partial charge on any atom is -0.299 e. The molecular formula is C15H18BrClO. The summed E-state index contributed by atoms with van der Waals surface area (Å²) in [5.74, 6) is 0.367. The molecule has 0 atom stereocenters. The van der Waals surface area contributed by atoms with E-state index in [0.717, 1.165) is 29.3 Å². The van der Waals surface area contributed by atoms with Crippen LogP contribution in [0.25, 0.3) is 0 Å². The lowest BCUT2D eigenvalue weighted by molar-refractivity contribution is -0.128. The maximum absolute atomic E-state index is 12.5. The van der Waals surface area contributed by atoms with Crippen molar-refractivity contribution in [2.75, 3.05) is 0 Å². The van der Waals surface area contributed by atoms with Gasteiger partial charge in [-0.25, -0.2) is 0 Å². The number of carbonyl (C=O) groups excluding carboxylic acids is 1. The molecule has 1 aromatic carbocycles. The fraction of sp³-hybridized carbons (Fsp3) is 0.533. The van der Waals surface area contributed by atoms with Crippen molar-refractivity contribution in [3.05, 3.63) is 33.3 Å². The normalized spacial score (nSPS) is 17.9. The van der Waals surface area contributed by atoms with Crippen molar-refractivity contribution in [2.45, 2.75) is 45.4 Å². The van der Waals surface area contributed by atoms with E-state index in [2.05, 4.69) is 22.9 Å². The molecule has 2 rings (SSSR count). The van der Waals surface area contributed by atoms with Gasteiger partial charge in [0.2, 0.25) is 0 Å². The van der Waals surface area contributed by atoms with Crippen LogP contribution in [-0.4, -0.2) is 5.78 Å². The first-order valence-electron chi connectivity index (χ1n) is 6.54. The summed E-state index contributed by atoms with van der Waals surface area (Å²) in [4.78, 5) is 12.5. The van der Waals surface area contributed by atoms with Gasteiger partial charge in [-0.1, -0.05) is 53.4 Å². The van der Waals surface area contributed by atoms with Gasteiger partial charge >= 0.3 is 0 Å². The maximum Gasteiger partial charge on any atom is 0.143 e. The number of Topliss-reactive ketones (excluding diaryl/α,β-unsaturated/α-hetero) is 1. The molecule has 1 aliphatic carbocycles. The lowest BCUT2D eigenvalue weighted by Crippen LogP contribution is -2.28. The minimum absolute atomic E-state index is 0.0730. The summed E-state index contributed by atoms with van der Waals surface area (Å²) >= 11 is 9.57. The number of carbonyl (C=O) groups is 1. The fourth-order valence-electron chi connectivity index (χ4n) is 2.91. The first-order chi connectivity index (χ1) is 8.57. The SMILES string of the molecule is CCC1(C(=O)Cc2ccc(Br)cc2Cl)CCCC1. The van der Waals surface area contributed by atoms with Gasteiger partial charge in [0.25, 0.3) is 0 Å². The Hall–Kier alpha value is -0.340. The van der Waals surface area contributed by atoms with Crippen LogP contribution in [0.3, 0.4) is 0 Å². The molecule has 0 bridgehead atoms. The molecule has 0 radical (unpaired) electrons. The van der Waals surface area contributed by atoms with Crippen molar-refractivity contribution >= 4 is 33.3 Å². The van der Waals surface area contributed by atoms with E-state index < -0.39 is 0 Å². The molecule has 0 N–H and O–H groups in total. The van der Waals surface area contributed by atoms with Crippen LogP contribution in [0.2, 0.25) is 5.02 Å². The summed E-state index contributed by atoms with van der Waals surface area (Å²) < 4.78 is 0.953. The molecule has 1 saturated carbocycles. The predicted octanol–water partition coefficient (Wildman–Crippen LogP) is 5.18. The van der Waals surface area contributed by atoms with E-state index in [-0.39, 0.29) is 5.41 Å². The Morgan fingerprint density at radius 1 is 1.39 bits per heavy atom. The van der Waals surface area contributed by atoms with E-state index in [0.29, 0.717) is 17.2 Å². The van der Waals surface area contributed by atoms with E-state index in [1.165, 1.54) is 12.8 Å². The number of hydrogen-bond donors (Lipinski definition) is 0. The van der Waals surface area contributed by atoms with Crippen molar-refractivity contribution in [2.24, 2.45) is 5.41 Å². The third-order valence-electron chi connectivity index (χ3n) is 4.20. The van der Waals surface area contributed by atoms with Gasteiger partial charge in [0, 0.05) is 21.3 Å². The van der Waals surface area contributed by atoms with Crippen LogP contribution in [0.1, 0.15) is 44.6 Å². The van der Waals surface area contributed by atoms with E-state index in [1.807, 2.05) is 18.2 Å². The highest BCUT2D eigenvalue weighted by molar-refractivity contribution is 9.10. The first-order valence-corrected chi connectivity index (χ1v) is 7.72. The van der Waals surface area contributed by atoms with Gasteiger partial charge in [-0.3, -0.25) is 4.79 Å². The molecule has 1 fully saturated rings. The quantitative estimate of drug-likeness (QED) is 0.743. The molecule has 0 amide bonds. The van der Waals surface area contributed by atoms with E-state index in [4.69, 9.17) is 11.6 Å². The fourth-order valence-corrected chi connectivity index (χ4v) is 3.65. The van der Waals surface area contributed by atoms with Crippen molar-refractivity contribution in [1.29, 1.82) is 0 Å². The number of ketones is 1. The molecule has 0 aromatic heterocycles. The van der Waals surface area contributed by atoms with Gasteiger partial charge in [0.05, 0.1) is 0 Å². The highest BCUT2D eigenvalue weighted by atomic mass is 79.9. The Balaban J connectivity index is 2.15. The van der Waals surface area contributed by atoms with Crippen molar-refractivity contribution < 1.29 is 4.79 Å². The number of benzene rings is 1. The van der Waals surface area contributed by atoms with E-state index in [1.54, 1.807) is 0 Å². The zero-order valence-electron chi connectivity index (χ0n) is 10.6. The molecule has 0 unspecified atom stereocenters.